The Balaban J connectivity index is 1.90. The molecular formula is C13H16ClN5O. The zero-order chi connectivity index (χ0) is 14.4. The number of hydrogen-bond donors (Lipinski definition) is 2. The standard InChI is InChI=1S/C13H16ClN5O/c1-2-15-12-11(14)8-10(9-17-12)13(20)16-5-7-19-6-3-4-18-19/h3-4,6,8-9H,2,5,7H2,1H3,(H,15,17)(H,16,20). The van der Waals surface area contributed by atoms with E-state index in [1.807, 2.05) is 19.2 Å². The molecule has 1 amide bonds. The lowest BCUT2D eigenvalue weighted by Crippen LogP contribution is -2.27. The van der Waals surface area contributed by atoms with Gasteiger partial charge in [0.2, 0.25) is 0 Å². The molecule has 0 bridgehead atoms. The summed E-state index contributed by atoms with van der Waals surface area (Å²) < 4.78 is 1.75. The Morgan fingerprint density at radius 1 is 1.50 bits per heavy atom. The maximum absolute atomic E-state index is 11.9. The minimum absolute atomic E-state index is 0.199. The predicted octanol–water partition coefficient (Wildman–Crippen LogP) is 1.79. The van der Waals surface area contributed by atoms with E-state index in [0.29, 0.717) is 29.5 Å². The average Bonchev–Trinajstić information content (AvgIpc) is 2.94. The van der Waals surface area contributed by atoms with E-state index in [2.05, 4.69) is 20.7 Å². The van der Waals surface area contributed by atoms with Gasteiger partial charge in [0.05, 0.1) is 17.1 Å². The van der Waals surface area contributed by atoms with Gasteiger partial charge in [-0.2, -0.15) is 5.10 Å². The Bertz CT molecular complexity index is 570. The van der Waals surface area contributed by atoms with E-state index < -0.39 is 0 Å². The van der Waals surface area contributed by atoms with Crippen molar-refractivity contribution in [3.8, 4) is 0 Å². The second-order valence-electron chi connectivity index (χ2n) is 4.11. The number of hydrogen-bond acceptors (Lipinski definition) is 4. The van der Waals surface area contributed by atoms with Gasteiger partial charge in [-0.1, -0.05) is 11.6 Å². The molecule has 0 spiro atoms. The fourth-order valence-electron chi connectivity index (χ4n) is 1.68. The number of anilines is 1. The third-order valence-corrected chi connectivity index (χ3v) is 2.92. The topological polar surface area (TPSA) is 71.8 Å². The van der Waals surface area contributed by atoms with Crippen molar-refractivity contribution < 1.29 is 4.79 Å². The summed E-state index contributed by atoms with van der Waals surface area (Å²) in [5, 5.41) is 10.3. The summed E-state index contributed by atoms with van der Waals surface area (Å²) >= 11 is 6.05. The Kier molecular flexibility index (Phi) is 4.95. The number of nitrogens with zero attached hydrogens (tertiary/aromatic N) is 3. The van der Waals surface area contributed by atoms with Crippen LogP contribution in [0.4, 0.5) is 5.82 Å². The number of halogens is 1. The largest absolute Gasteiger partial charge is 0.369 e. The number of pyridine rings is 1. The van der Waals surface area contributed by atoms with E-state index >= 15 is 0 Å². The minimum atomic E-state index is -0.199. The Morgan fingerprint density at radius 2 is 2.35 bits per heavy atom. The van der Waals surface area contributed by atoms with Crippen LogP contribution in [0.1, 0.15) is 17.3 Å². The highest BCUT2D eigenvalue weighted by molar-refractivity contribution is 6.33. The van der Waals surface area contributed by atoms with Crippen LogP contribution in [0.5, 0.6) is 0 Å². The first-order chi connectivity index (χ1) is 9.70. The van der Waals surface area contributed by atoms with Crippen molar-refractivity contribution in [3.05, 3.63) is 41.3 Å². The van der Waals surface area contributed by atoms with Crippen LogP contribution in [-0.4, -0.2) is 33.8 Å². The first-order valence-corrected chi connectivity index (χ1v) is 6.73. The zero-order valence-electron chi connectivity index (χ0n) is 11.1. The van der Waals surface area contributed by atoms with Crippen LogP contribution in [0.25, 0.3) is 0 Å². The van der Waals surface area contributed by atoms with Gasteiger partial charge in [0.25, 0.3) is 5.91 Å². The van der Waals surface area contributed by atoms with E-state index in [9.17, 15) is 4.79 Å². The van der Waals surface area contributed by atoms with Gasteiger partial charge in [-0.25, -0.2) is 4.98 Å². The molecule has 2 aromatic rings. The van der Waals surface area contributed by atoms with Gasteiger partial charge in [-0.3, -0.25) is 9.48 Å². The third-order valence-electron chi connectivity index (χ3n) is 2.63. The summed E-state index contributed by atoms with van der Waals surface area (Å²) in [5.41, 5.74) is 0.442. The molecule has 2 N–H and O–H groups in total. The molecule has 0 aliphatic rings. The Hall–Kier alpha value is -2.08. The monoisotopic (exact) mass is 293 g/mol. The molecule has 2 rings (SSSR count). The van der Waals surface area contributed by atoms with Crippen LogP contribution in [0.2, 0.25) is 5.02 Å². The fraction of sp³-hybridized carbons (Fsp3) is 0.308. The first-order valence-electron chi connectivity index (χ1n) is 6.35. The first kappa shape index (κ1) is 14.3. The van der Waals surface area contributed by atoms with Crippen molar-refractivity contribution in [2.75, 3.05) is 18.4 Å². The van der Waals surface area contributed by atoms with E-state index in [-0.39, 0.29) is 5.91 Å². The van der Waals surface area contributed by atoms with Crippen molar-refractivity contribution in [2.24, 2.45) is 0 Å². The molecule has 0 aliphatic carbocycles. The highest BCUT2D eigenvalue weighted by Gasteiger charge is 2.09. The number of carbonyl (C=O) groups is 1. The molecule has 0 saturated heterocycles. The van der Waals surface area contributed by atoms with Gasteiger partial charge >= 0.3 is 0 Å². The van der Waals surface area contributed by atoms with Crippen molar-refractivity contribution in [2.45, 2.75) is 13.5 Å². The zero-order valence-corrected chi connectivity index (χ0v) is 11.9. The van der Waals surface area contributed by atoms with E-state index in [4.69, 9.17) is 11.6 Å². The Morgan fingerprint density at radius 3 is 3.00 bits per heavy atom. The van der Waals surface area contributed by atoms with Gasteiger partial charge < -0.3 is 10.6 Å². The lowest BCUT2D eigenvalue weighted by atomic mass is 10.2. The molecular weight excluding hydrogens is 278 g/mol. The van der Waals surface area contributed by atoms with Gasteiger partial charge in [-0.15, -0.1) is 0 Å². The van der Waals surface area contributed by atoms with Crippen LogP contribution < -0.4 is 10.6 Å². The fourth-order valence-corrected chi connectivity index (χ4v) is 1.91. The van der Waals surface area contributed by atoms with Crippen LogP contribution in [-0.2, 0) is 6.54 Å². The Labute approximate surface area is 122 Å². The maximum atomic E-state index is 11.9. The SMILES string of the molecule is CCNc1ncc(C(=O)NCCn2cccn2)cc1Cl. The summed E-state index contributed by atoms with van der Waals surface area (Å²) in [6, 6.07) is 3.45. The van der Waals surface area contributed by atoms with Crippen molar-refractivity contribution in [1.29, 1.82) is 0 Å². The van der Waals surface area contributed by atoms with Gasteiger partial charge in [0.15, 0.2) is 0 Å². The summed E-state index contributed by atoms with van der Waals surface area (Å²) in [6.07, 6.45) is 5.05. The van der Waals surface area contributed by atoms with Gasteiger partial charge in [-0.05, 0) is 19.1 Å². The van der Waals surface area contributed by atoms with Crippen molar-refractivity contribution in [3.63, 3.8) is 0 Å². The van der Waals surface area contributed by atoms with Crippen LogP contribution >= 0.6 is 11.6 Å². The van der Waals surface area contributed by atoms with E-state index in [1.54, 1.807) is 16.9 Å². The smallest absolute Gasteiger partial charge is 0.252 e. The summed E-state index contributed by atoms with van der Waals surface area (Å²) in [5.74, 6) is 0.386. The molecule has 2 heterocycles. The molecule has 2 aromatic heterocycles. The molecule has 106 valence electrons. The average molecular weight is 294 g/mol. The second-order valence-corrected chi connectivity index (χ2v) is 4.52. The molecule has 6 nitrogen and oxygen atoms in total. The van der Waals surface area contributed by atoms with Gasteiger partial charge in [0, 0.05) is 31.7 Å². The number of rotatable bonds is 6. The maximum Gasteiger partial charge on any atom is 0.252 e. The summed E-state index contributed by atoms with van der Waals surface area (Å²) in [4.78, 5) is 16.1. The number of carbonyl (C=O) groups excluding carboxylic acids is 1. The molecule has 7 heteroatoms. The van der Waals surface area contributed by atoms with E-state index in [1.165, 1.54) is 6.20 Å². The van der Waals surface area contributed by atoms with E-state index in [0.717, 1.165) is 6.54 Å². The molecule has 0 atom stereocenters. The lowest BCUT2D eigenvalue weighted by Gasteiger charge is -2.08. The van der Waals surface area contributed by atoms with Crippen LogP contribution in [0, 0.1) is 0 Å². The summed E-state index contributed by atoms with van der Waals surface area (Å²) in [7, 11) is 0. The molecule has 0 unspecified atom stereocenters. The summed E-state index contributed by atoms with van der Waals surface area (Å²) in [6.45, 7) is 3.79. The molecule has 0 fully saturated rings. The van der Waals surface area contributed by atoms with Gasteiger partial charge in [0.1, 0.15) is 5.82 Å². The van der Waals surface area contributed by atoms with Crippen molar-refractivity contribution in [1.82, 2.24) is 20.1 Å². The predicted molar refractivity (Wildman–Crippen MR) is 78.0 cm³/mol. The number of nitrogens with one attached hydrogen (secondary N) is 2. The third kappa shape index (κ3) is 3.71. The molecule has 0 aliphatic heterocycles. The number of aromatic nitrogens is 3. The molecule has 0 radical (unpaired) electrons. The highest BCUT2D eigenvalue weighted by atomic mass is 35.5. The number of amides is 1. The normalized spacial score (nSPS) is 10.3. The van der Waals surface area contributed by atoms with Crippen LogP contribution in [0.15, 0.2) is 30.7 Å². The van der Waals surface area contributed by atoms with Crippen molar-refractivity contribution >= 4 is 23.3 Å². The quantitative estimate of drug-likeness (QED) is 0.852. The minimum Gasteiger partial charge on any atom is -0.369 e. The second kappa shape index (κ2) is 6.91. The molecule has 20 heavy (non-hydrogen) atoms. The highest BCUT2D eigenvalue weighted by Crippen LogP contribution is 2.19. The lowest BCUT2D eigenvalue weighted by molar-refractivity contribution is 0.0951. The molecule has 0 aromatic carbocycles. The molecule has 0 saturated carbocycles. The van der Waals surface area contributed by atoms with Crippen LogP contribution in [0.3, 0.4) is 0 Å².